The van der Waals surface area contributed by atoms with Gasteiger partial charge in [0.1, 0.15) is 11.3 Å². The Bertz CT molecular complexity index is 2100. The molecule has 3 aromatic heterocycles. The standard InChI is InChI=1S/C33H28N4O5/c1-19-16-22(21(3)36(19)27-13-8-11-23(20(27)2)33(39)41-5)18-34-37-31(35-26-12-7-6-10-24(26)32(37)38)30-17-25-28(40-4)14-9-15-29(25)42-30/h6-18H,1-5H3. The van der Waals surface area contributed by atoms with E-state index >= 15 is 0 Å². The van der Waals surface area contributed by atoms with E-state index in [0.29, 0.717) is 33.6 Å². The average Bonchev–Trinajstić information content (AvgIpc) is 3.56. The Labute approximate surface area is 241 Å². The van der Waals surface area contributed by atoms with Gasteiger partial charge in [0.15, 0.2) is 5.76 Å². The van der Waals surface area contributed by atoms with Gasteiger partial charge in [-0.2, -0.15) is 9.78 Å². The zero-order valence-corrected chi connectivity index (χ0v) is 23.8. The van der Waals surface area contributed by atoms with Crippen LogP contribution in [0.15, 0.2) is 87.1 Å². The zero-order valence-electron chi connectivity index (χ0n) is 23.8. The number of aryl methyl sites for hydroxylation is 1. The lowest BCUT2D eigenvalue weighted by atomic mass is 10.1. The van der Waals surface area contributed by atoms with Gasteiger partial charge in [-0.15, -0.1) is 0 Å². The summed E-state index contributed by atoms with van der Waals surface area (Å²) in [7, 11) is 2.97. The lowest BCUT2D eigenvalue weighted by molar-refractivity contribution is 0.0600. The molecule has 42 heavy (non-hydrogen) atoms. The summed E-state index contributed by atoms with van der Waals surface area (Å²) < 4.78 is 19.9. The number of carbonyl (C=O) groups excluding carboxylic acids is 1. The van der Waals surface area contributed by atoms with Gasteiger partial charge in [0, 0.05) is 22.6 Å². The fraction of sp³-hybridized carbons (Fsp3) is 0.152. The Kier molecular flexibility index (Phi) is 6.70. The first-order valence-corrected chi connectivity index (χ1v) is 13.3. The first kappa shape index (κ1) is 26.8. The van der Waals surface area contributed by atoms with E-state index in [2.05, 4.69) is 9.67 Å². The molecule has 0 aliphatic rings. The number of ether oxygens (including phenoxy) is 2. The van der Waals surface area contributed by atoms with Crippen LogP contribution in [0.25, 0.3) is 39.1 Å². The van der Waals surface area contributed by atoms with Gasteiger partial charge in [-0.05, 0) is 74.9 Å². The zero-order chi connectivity index (χ0) is 29.5. The molecular formula is C33H28N4O5. The Morgan fingerprint density at radius 3 is 2.52 bits per heavy atom. The van der Waals surface area contributed by atoms with Crippen LogP contribution in [0.3, 0.4) is 0 Å². The van der Waals surface area contributed by atoms with Gasteiger partial charge >= 0.3 is 5.97 Å². The average molecular weight is 561 g/mol. The summed E-state index contributed by atoms with van der Waals surface area (Å²) in [6.45, 7) is 5.83. The van der Waals surface area contributed by atoms with Crippen molar-refractivity contribution in [1.29, 1.82) is 0 Å². The molecule has 0 amide bonds. The number of esters is 1. The molecule has 6 rings (SSSR count). The van der Waals surface area contributed by atoms with Crippen LogP contribution in [0.2, 0.25) is 0 Å². The quantitative estimate of drug-likeness (QED) is 0.178. The van der Waals surface area contributed by atoms with Crippen molar-refractivity contribution < 1.29 is 18.7 Å². The molecule has 0 atom stereocenters. The maximum absolute atomic E-state index is 13.7. The lowest BCUT2D eigenvalue weighted by Gasteiger charge is -2.15. The fourth-order valence-electron chi connectivity index (χ4n) is 5.32. The number of benzene rings is 3. The third-order valence-electron chi connectivity index (χ3n) is 7.45. The van der Waals surface area contributed by atoms with Crippen molar-refractivity contribution in [1.82, 2.24) is 14.2 Å². The SMILES string of the molecule is COC(=O)c1cccc(-n2c(C)cc(C=Nn3c(-c4cc5c(OC)cccc5o4)nc4ccccc4c3=O)c2C)c1C. The minimum atomic E-state index is -0.391. The van der Waals surface area contributed by atoms with Crippen molar-refractivity contribution in [2.24, 2.45) is 5.10 Å². The highest BCUT2D eigenvalue weighted by molar-refractivity contribution is 5.92. The number of fused-ring (bicyclic) bond motifs is 2. The Morgan fingerprint density at radius 1 is 0.952 bits per heavy atom. The molecule has 0 spiro atoms. The first-order valence-electron chi connectivity index (χ1n) is 13.3. The van der Waals surface area contributed by atoms with E-state index < -0.39 is 5.97 Å². The first-order chi connectivity index (χ1) is 20.3. The van der Waals surface area contributed by atoms with E-state index in [1.807, 2.05) is 63.2 Å². The van der Waals surface area contributed by atoms with E-state index in [1.165, 1.54) is 11.8 Å². The number of nitrogens with zero attached hydrogens (tertiary/aromatic N) is 4. The molecule has 0 saturated heterocycles. The van der Waals surface area contributed by atoms with E-state index in [1.54, 1.807) is 43.7 Å². The second kappa shape index (κ2) is 10.5. The smallest absolute Gasteiger partial charge is 0.338 e. The second-order valence-corrected chi connectivity index (χ2v) is 9.90. The highest BCUT2D eigenvalue weighted by Gasteiger charge is 2.19. The maximum atomic E-state index is 13.7. The number of carbonyl (C=O) groups is 1. The summed E-state index contributed by atoms with van der Waals surface area (Å²) in [6, 6.07) is 22.0. The van der Waals surface area contributed by atoms with E-state index in [9.17, 15) is 9.59 Å². The van der Waals surface area contributed by atoms with Crippen LogP contribution in [-0.4, -0.2) is 40.6 Å². The number of para-hydroxylation sites is 1. The van der Waals surface area contributed by atoms with Crippen LogP contribution in [0.1, 0.15) is 32.9 Å². The van der Waals surface area contributed by atoms with Crippen molar-refractivity contribution in [3.63, 3.8) is 0 Å². The summed E-state index contributed by atoms with van der Waals surface area (Å²) in [5.74, 6) is 0.913. The van der Waals surface area contributed by atoms with Gasteiger partial charge in [0.05, 0.1) is 42.3 Å². The molecule has 0 N–H and O–H groups in total. The van der Waals surface area contributed by atoms with Crippen LogP contribution in [0.5, 0.6) is 5.75 Å². The molecule has 0 bridgehead atoms. The summed E-state index contributed by atoms with van der Waals surface area (Å²) in [5.41, 5.74) is 5.60. The van der Waals surface area contributed by atoms with Gasteiger partial charge in [-0.3, -0.25) is 4.79 Å². The summed E-state index contributed by atoms with van der Waals surface area (Å²) in [5, 5.41) is 5.85. The van der Waals surface area contributed by atoms with Crippen molar-refractivity contribution in [3.05, 3.63) is 111 Å². The summed E-state index contributed by atoms with van der Waals surface area (Å²) in [6.07, 6.45) is 1.64. The Hall–Kier alpha value is -5.44. The number of furan rings is 1. The third-order valence-corrected chi connectivity index (χ3v) is 7.45. The fourth-order valence-corrected chi connectivity index (χ4v) is 5.32. The van der Waals surface area contributed by atoms with Crippen LogP contribution >= 0.6 is 0 Å². The largest absolute Gasteiger partial charge is 0.496 e. The molecule has 0 aliphatic heterocycles. The number of hydrogen-bond acceptors (Lipinski definition) is 7. The molecule has 9 nitrogen and oxygen atoms in total. The third kappa shape index (κ3) is 4.35. The van der Waals surface area contributed by atoms with E-state index in [0.717, 1.165) is 33.6 Å². The lowest BCUT2D eigenvalue weighted by Crippen LogP contribution is -2.20. The normalized spacial score (nSPS) is 11.5. The number of rotatable bonds is 6. The highest BCUT2D eigenvalue weighted by Crippen LogP contribution is 2.33. The molecule has 0 aliphatic carbocycles. The molecule has 210 valence electrons. The van der Waals surface area contributed by atoms with E-state index in [-0.39, 0.29) is 11.4 Å². The van der Waals surface area contributed by atoms with E-state index in [4.69, 9.17) is 18.9 Å². The van der Waals surface area contributed by atoms with Gasteiger partial charge in [0.2, 0.25) is 5.82 Å². The van der Waals surface area contributed by atoms with Crippen molar-refractivity contribution in [2.45, 2.75) is 20.8 Å². The molecule has 0 unspecified atom stereocenters. The Morgan fingerprint density at radius 2 is 1.74 bits per heavy atom. The number of hydrogen-bond donors (Lipinski definition) is 0. The highest BCUT2D eigenvalue weighted by atomic mass is 16.5. The van der Waals surface area contributed by atoms with Crippen LogP contribution in [0, 0.1) is 20.8 Å². The van der Waals surface area contributed by atoms with Crippen molar-refractivity contribution >= 4 is 34.1 Å². The van der Waals surface area contributed by atoms with Gasteiger partial charge < -0.3 is 18.5 Å². The molecule has 0 saturated carbocycles. The van der Waals surface area contributed by atoms with Crippen LogP contribution in [-0.2, 0) is 4.74 Å². The van der Waals surface area contributed by atoms with Crippen molar-refractivity contribution in [3.8, 4) is 23.0 Å². The van der Waals surface area contributed by atoms with Crippen LogP contribution in [0.4, 0.5) is 0 Å². The molecular weight excluding hydrogens is 532 g/mol. The topological polar surface area (TPSA) is 101 Å². The minimum Gasteiger partial charge on any atom is -0.496 e. The van der Waals surface area contributed by atoms with Gasteiger partial charge in [0.25, 0.3) is 5.56 Å². The molecule has 9 heteroatoms. The number of methoxy groups -OCH3 is 2. The predicted molar refractivity (Wildman–Crippen MR) is 162 cm³/mol. The molecule has 3 aromatic carbocycles. The Balaban J connectivity index is 1.50. The molecule has 0 radical (unpaired) electrons. The van der Waals surface area contributed by atoms with Gasteiger partial charge in [-0.1, -0.05) is 24.3 Å². The van der Waals surface area contributed by atoms with Crippen molar-refractivity contribution in [2.75, 3.05) is 14.2 Å². The molecule has 0 fully saturated rings. The molecule has 3 heterocycles. The second-order valence-electron chi connectivity index (χ2n) is 9.90. The summed E-state index contributed by atoms with van der Waals surface area (Å²) in [4.78, 5) is 30.8. The predicted octanol–water partition coefficient (Wildman–Crippen LogP) is 6.20. The van der Waals surface area contributed by atoms with Crippen LogP contribution < -0.4 is 10.3 Å². The maximum Gasteiger partial charge on any atom is 0.338 e. The number of aromatic nitrogens is 3. The minimum absolute atomic E-state index is 0.267. The van der Waals surface area contributed by atoms with Gasteiger partial charge in [-0.25, -0.2) is 9.78 Å². The monoisotopic (exact) mass is 560 g/mol. The summed E-state index contributed by atoms with van der Waals surface area (Å²) >= 11 is 0. The molecule has 6 aromatic rings.